The molecule has 3 aromatic rings. The van der Waals surface area contributed by atoms with Gasteiger partial charge in [-0.15, -0.1) is 0 Å². The van der Waals surface area contributed by atoms with Crippen molar-refractivity contribution in [2.45, 2.75) is 25.7 Å². The van der Waals surface area contributed by atoms with Gasteiger partial charge in [-0.3, -0.25) is 0 Å². The lowest BCUT2D eigenvalue weighted by Crippen LogP contribution is -1.94. The van der Waals surface area contributed by atoms with Crippen molar-refractivity contribution in [2.75, 3.05) is 0 Å². The largest absolute Gasteiger partial charge is 0.0995 e. The fourth-order valence-corrected chi connectivity index (χ4v) is 3.67. The van der Waals surface area contributed by atoms with Crippen molar-refractivity contribution in [3.8, 4) is 0 Å². The van der Waals surface area contributed by atoms with Crippen LogP contribution in [0.25, 0.3) is 11.6 Å². The normalized spacial score (nSPS) is 12.5. The van der Waals surface area contributed by atoms with Crippen molar-refractivity contribution in [1.29, 1.82) is 0 Å². The molecule has 0 spiro atoms. The predicted octanol–water partition coefficient (Wildman–Crippen LogP) is 6.51. The van der Waals surface area contributed by atoms with E-state index in [1.807, 2.05) is 0 Å². The van der Waals surface area contributed by atoms with Gasteiger partial charge in [0.2, 0.25) is 0 Å². The number of allylic oxidation sites excluding steroid dienone is 2. The van der Waals surface area contributed by atoms with Crippen LogP contribution in [0.1, 0.15) is 34.2 Å². The number of aryl methyl sites for hydroxylation is 1. The fourth-order valence-electron chi connectivity index (χ4n) is 3.67. The van der Waals surface area contributed by atoms with Crippen LogP contribution in [0.4, 0.5) is 0 Å². The molecule has 26 heavy (non-hydrogen) atoms. The van der Waals surface area contributed by atoms with Crippen molar-refractivity contribution in [3.63, 3.8) is 0 Å². The zero-order valence-corrected chi connectivity index (χ0v) is 15.1. The van der Waals surface area contributed by atoms with E-state index in [-0.39, 0.29) is 0 Å². The van der Waals surface area contributed by atoms with Gasteiger partial charge < -0.3 is 0 Å². The Labute approximate surface area is 156 Å². The van der Waals surface area contributed by atoms with Gasteiger partial charge >= 0.3 is 0 Å². The van der Waals surface area contributed by atoms with E-state index >= 15 is 0 Å². The molecule has 1 aliphatic rings. The van der Waals surface area contributed by atoms with E-state index in [1.54, 1.807) is 0 Å². The van der Waals surface area contributed by atoms with Crippen molar-refractivity contribution in [3.05, 3.63) is 119 Å². The molecule has 0 bridgehead atoms. The second-order valence-electron chi connectivity index (χ2n) is 7.16. The third-order valence-corrected chi connectivity index (χ3v) is 5.13. The van der Waals surface area contributed by atoms with Crippen molar-refractivity contribution < 1.29 is 0 Å². The van der Waals surface area contributed by atoms with E-state index in [2.05, 4.69) is 91.5 Å². The SMILES string of the molecule is C=C(CCc1ccccc1)Cc1ccc2c(c1)C=C(c1ccccc1)C2. The summed E-state index contributed by atoms with van der Waals surface area (Å²) in [5.74, 6) is 0. The maximum absolute atomic E-state index is 4.31. The van der Waals surface area contributed by atoms with Gasteiger partial charge in [0.15, 0.2) is 0 Å². The van der Waals surface area contributed by atoms with Crippen molar-refractivity contribution in [2.24, 2.45) is 0 Å². The van der Waals surface area contributed by atoms with E-state index in [0.717, 1.165) is 25.7 Å². The summed E-state index contributed by atoms with van der Waals surface area (Å²) in [4.78, 5) is 0. The highest BCUT2D eigenvalue weighted by molar-refractivity contribution is 5.88. The lowest BCUT2D eigenvalue weighted by molar-refractivity contribution is 0.904. The molecule has 0 saturated carbocycles. The maximum atomic E-state index is 4.31. The monoisotopic (exact) mass is 336 g/mol. The molecule has 0 nitrogen and oxygen atoms in total. The molecule has 4 rings (SSSR count). The van der Waals surface area contributed by atoms with Gasteiger partial charge in [0.1, 0.15) is 0 Å². The highest BCUT2D eigenvalue weighted by atomic mass is 14.2. The summed E-state index contributed by atoms with van der Waals surface area (Å²) in [5.41, 5.74) is 9.61. The molecule has 128 valence electrons. The van der Waals surface area contributed by atoms with E-state index in [0.29, 0.717) is 0 Å². The molecule has 0 amide bonds. The average Bonchev–Trinajstić information content (AvgIpc) is 3.11. The van der Waals surface area contributed by atoms with Crippen molar-refractivity contribution >= 4 is 11.6 Å². The molecule has 0 unspecified atom stereocenters. The van der Waals surface area contributed by atoms with Gasteiger partial charge in [0, 0.05) is 0 Å². The first-order valence-corrected chi connectivity index (χ1v) is 9.36. The first-order chi connectivity index (χ1) is 12.8. The summed E-state index contributed by atoms with van der Waals surface area (Å²) in [6.07, 6.45) is 6.47. The van der Waals surface area contributed by atoms with Crippen LogP contribution in [0.15, 0.2) is 91.0 Å². The van der Waals surface area contributed by atoms with E-state index in [1.165, 1.54) is 39.0 Å². The van der Waals surface area contributed by atoms with Gasteiger partial charge in [0.25, 0.3) is 0 Å². The van der Waals surface area contributed by atoms with Crippen LogP contribution in [-0.2, 0) is 19.3 Å². The Morgan fingerprint density at radius 2 is 1.54 bits per heavy atom. The molecular formula is C26H24. The molecule has 0 N–H and O–H groups in total. The Balaban J connectivity index is 1.42. The highest BCUT2D eigenvalue weighted by Gasteiger charge is 2.14. The van der Waals surface area contributed by atoms with Gasteiger partial charge in [-0.25, -0.2) is 0 Å². The summed E-state index contributed by atoms with van der Waals surface area (Å²) in [5, 5.41) is 0. The standard InChI is InChI=1S/C26H24/c1-20(12-13-21-8-4-2-5-9-21)16-22-14-15-24-18-26(19-25(24)17-22)23-10-6-3-7-11-23/h2-11,14-15,17,19H,1,12-13,16,18H2. The molecular weight excluding hydrogens is 312 g/mol. The van der Waals surface area contributed by atoms with Crippen LogP contribution in [0, 0.1) is 0 Å². The fraction of sp³-hybridized carbons (Fsp3) is 0.154. The summed E-state index contributed by atoms with van der Waals surface area (Å²) in [7, 11) is 0. The number of hydrogen-bond donors (Lipinski definition) is 0. The molecule has 0 heterocycles. The van der Waals surface area contributed by atoms with Crippen molar-refractivity contribution in [1.82, 2.24) is 0 Å². The third kappa shape index (κ3) is 3.86. The quantitative estimate of drug-likeness (QED) is 0.450. The van der Waals surface area contributed by atoms with Gasteiger partial charge in [-0.1, -0.05) is 97.1 Å². The van der Waals surface area contributed by atoms with Crippen LogP contribution < -0.4 is 0 Å². The molecule has 0 aromatic heterocycles. The molecule has 3 aromatic carbocycles. The first kappa shape index (κ1) is 16.6. The van der Waals surface area contributed by atoms with Crippen LogP contribution in [-0.4, -0.2) is 0 Å². The van der Waals surface area contributed by atoms with E-state index < -0.39 is 0 Å². The minimum Gasteiger partial charge on any atom is -0.0995 e. The Hall–Kier alpha value is -2.86. The Kier molecular flexibility index (Phi) is 4.84. The summed E-state index contributed by atoms with van der Waals surface area (Å²) in [6, 6.07) is 28.3. The smallest absolute Gasteiger partial charge is 0.00137 e. The number of fused-ring (bicyclic) bond motifs is 1. The summed E-state index contributed by atoms with van der Waals surface area (Å²) < 4.78 is 0. The third-order valence-electron chi connectivity index (χ3n) is 5.13. The van der Waals surface area contributed by atoms with E-state index in [4.69, 9.17) is 0 Å². The van der Waals surface area contributed by atoms with Gasteiger partial charge in [0.05, 0.1) is 0 Å². The molecule has 0 fully saturated rings. The molecule has 0 saturated heterocycles. The second kappa shape index (κ2) is 7.58. The van der Waals surface area contributed by atoms with Crippen LogP contribution >= 0.6 is 0 Å². The lowest BCUT2D eigenvalue weighted by atomic mass is 9.97. The maximum Gasteiger partial charge on any atom is -0.00137 e. The Morgan fingerprint density at radius 1 is 0.808 bits per heavy atom. The zero-order chi connectivity index (χ0) is 17.8. The lowest BCUT2D eigenvalue weighted by Gasteiger charge is -2.08. The Bertz CT molecular complexity index is 930. The topological polar surface area (TPSA) is 0 Å². The summed E-state index contributed by atoms with van der Waals surface area (Å²) >= 11 is 0. The van der Waals surface area contributed by atoms with Gasteiger partial charge in [-0.2, -0.15) is 0 Å². The molecule has 0 atom stereocenters. The predicted molar refractivity (Wildman–Crippen MR) is 112 cm³/mol. The molecule has 0 aliphatic heterocycles. The highest BCUT2D eigenvalue weighted by Crippen LogP contribution is 2.32. The van der Waals surface area contributed by atoms with Crippen LogP contribution in [0.5, 0.6) is 0 Å². The zero-order valence-electron chi connectivity index (χ0n) is 15.1. The Morgan fingerprint density at radius 3 is 2.31 bits per heavy atom. The molecule has 1 aliphatic carbocycles. The van der Waals surface area contributed by atoms with Gasteiger partial charge in [-0.05, 0) is 59.1 Å². The second-order valence-corrected chi connectivity index (χ2v) is 7.16. The number of rotatable bonds is 6. The average molecular weight is 336 g/mol. The molecule has 0 radical (unpaired) electrons. The first-order valence-electron chi connectivity index (χ1n) is 9.36. The van der Waals surface area contributed by atoms with Crippen LogP contribution in [0.2, 0.25) is 0 Å². The number of hydrogen-bond acceptors (Lipinski definition) is 0. The molecule has 0 heteroatoms. The summed E-state index contributed by atoms with van der Waals surface area (Å²) in [6.45, 7) is 4.31. The number of benzene rings is 3. The van der Waals surface area contributed by atoms with Crippen LogP contribution in [0.3, 0.4) is 0 Å². The minimum atomic E-state index is 0.967. The van der Waals surface area contributed by atoms with E-state index in [9.17, 15) is 0 Å². The minimum absolute atomic E-state index is 0.967.